The second-order valence-corrected chi connectivity index (χ2v) is 7.88. The normalized spacial score (nSPS) is 11.8. The Morgan fingerprint density at radius 2 is 1.81 bits per heavy atom. The third-order valence-electron chi connectivity index (χ3n) is 3.85. The van der Waals surface area contributed by atoms with Crippen molar-refractivity contribution in [3.63, 3.8) is 0 Å². The lowest BCUT2D eigenvalue weighted by atomic mass is 10.1. The van der Waals surface area contributed by atoms with Crippen molar-refractivity contribution in [1.29, 1.82) is 0 Å². The molecule has 128 valence electrons. The van der Waals surface area contributed by atoms with Crippen LogP contribution in [0.4, 0.5) is 11.4 Å². The van der Waals surface area contributed by atoms with Crippen molar-refractivity contribution < 1.29 is 0 Å². The number of aliphatic imine (C=N–C) groups is 1. The van der Waals surface area contributed by atoms with Gasteiger partial charge >= 0.3 is 0 Å². The molecule has 0 fully saturated rings. The van der Waals surface area contributed by atoms with Crippen LogP contribution in [0.3, 0.4) is 0 Å². The lowest BCUT2D eigenvalue weighted by molar-refractivity contribution is 1.18. The summed E-state index contributed by atoms with van der Waals surface area (Å²) < 4.78 is 1.18. The highest BCUT2D eigenvalue weighted by atomic mass is 32.2. The maximum atomic E-state index is 6.25. The molecule has 0 aliphatic rings. The average Bonchev–Trinajstić information content (AvgIpc) is 3.15. The van der Waals surface area contributed by atoms with E-state index in [1.807, 2.05) is 60.7 Å². The summed E-state index contributed by atoms with van der Waals surface area (Å²) in [6.07, 6.45) is 0. The molecule has 26 heavy (non-hydrogen) atoms. The van der Waals surface area contributed by atoms with Crippen LogP contribution < -0.4 is 11.5 Å². The molecule has 4 rings (SSSR count). The van der Waals surface area contributed by atoms with E-state index >= 15 is 0 Å². The van der Waals surface area contributed by atoms with Crippen molar-refractivity contribution in [2.24, 2.45) is 10.7 Å². The lowest BCUT2D eigenvalue weighted by Gasteiger charge is -2.08. The summed E-state index contributed by atoms with van der Waals surface area (Å²) in [4.78, 5) is 9.42. The number of hydrogen-bond acceptors (Lipinski definition) is 5. The van der Waals surface area contributed by atoms with Crippen molar-refractivity contribution in [3.8, 4) is 0 Å². The van der Waals surface area contributed by atoms with Crippen LogP contribution in [0.5, 0.6) is 0 Å². The van der Waals surface area contributed by atoms with Gasteiger partial charge in [-0.05, 0) is 35.7 Å². The van der Waals surface area contributed by atoms with Crippen LogP contribution >= 0.6 is 23.1 Å². The third kappa shape index (κ3) is 3.42. The minimum Gasteiger partial charge on any atom is -0.398 e. The van der Waals surface area contributed by atoms with Gasteiger partial charge < -0.3 is 11.5 Å². The van der Waals surface area contributed by atoms with Gasteiger partial charge in [0.25, 0.3) is 0 Å². The fraction of sp³-hybridized carbons (Fsp3) is 0. The molecule has 4 nitrogen and oxygen atoms in total. The largest absolute Gasteiger partial charge is 0.398 e. The number of fused-ring (bicyclic) bond motifs is 1. The molecule has 2 heterocycles. The van der Waals surface area contributed by atoms with E-state index in [4.69, 9.17) is 16.5 Å². The number of anilines is 1. The first kappa shape index (κ1) is 16.6. The van der Waals surface area contributed by atoms with Gasteiger partial charge in [0.1, 0.15) is 10.9 Å². The molecular formula is C20H16N4S2. The van der Waals surface area contributed by atoms with Gasteiger partial charge in [-0.2, -0.15) is 0 Å². The number of benzene rings is 2. The summed E-state index contributed by atoms with van der Waals surface area (Å²) in [6, 6.07) is 21.5. The Hall–Kier alpha value is -2.83. The molecule has 0 radical (unpaired) electrons. The summed E-state index contributed by atoms with van der Waals surface area (Å²) in [5.74, 6) is 0.395. The zero-order valence-corrected chi connectivity index (χ0v) is 15.4. The molecule has 2 aromatic heterocycles. The number of pyridine rings is 1. The molecule has 6 heteroatoms. The standard InChI is InChI=1S/C20H16N4S2/c21-15-8-3-1-6-13(15)20(22)24-17-12-18(26-19-10-5-11-25-19)23-16-9-4-2-7-14(16)17/h1-12H,21H2,(H2,22,23,24). The number of nitrogen functional groups attached to an aromatic ring is 1. The molecule has 0 unspecified atom stereocenters. The van der Waals surface area contributed by atoms with Crippen LogP contribution in [-0.4, -0.2) is 10.8 Å². The maximum absolute atomic E-state index is 6.25. The molecule has 0 spiro atoms. The second kappa shape index (κ2) is 7.19. The van der Waals surface area contributed by atoms with Crippen LogP contribution in [0, 0.1) is 0 Å². The smallest absolute Gasteiger partial charge is 0.133 e. The van der Waals surface area contributed by atoms with Crippen LogP contribution in [0.1, 0.15) is 5.56 Å². The van der Waals surface area contributed by atoms with Gasteiger partial charge in [-0.1, -0.05) is 48.2 Å². The first-order chi connectivity index (χ1) is 12.7. The monoisotopic (exact) mass is 376 g/mol. The van der Waals surface area contributed by atoms with Crippen LogP contribution in [0.2, 0.25) is 0 Å². The maximum Gasteiger partial charge on any atom is 0.133 e. The van der Waals surface area contributed by atoms with Crippen LogP contribution in [0.25, 0.3) is 10.9 Å². The van der Waals surface area contributed by atoms with E-state index in [-0.39, 0.29) is 0 Å². The SMILES string of the molecule is NC(=Nc1cc(Sc2cccs2)nc2ccccc12)c1ccccc1N. The van der Waals surface area contributed by atoms with Crippen molar-refractivity contribution in [2.75, 3.05) is 5.73 Å². The molecule has 0 saturated carbocycles. The van der Waals surface area contributed by atoms with Gasteiger partial charge in [0.05, 0.1) is 15.4 Å². The third-order valence-corrected chi connectivity index (χ3v) is 5.80. The zero-order chi connectivity index (χ0) is 17.9. The van der Waals surface area contributed by atoms with E-state index in [0.29, 0.717) is 11.5 Å². The Morgan fingerprint density at radius 3 is 2.62 bits per heavy atom. The van der Waals surface area contributed by atoms with Crippen LogP contribution in [-0.2, 0) is 0 Å². The van der Waals surface area contributed by atoms with Gasteiger partial charge in [-0.15, -0.1) is 11.3 Å². The van der Waals surface area contributed by atoms with Gasteiger partial charge in [0.2, 0.25) is 0 Å². The summed E-state index contributed by atoms with van der Waals surface area (Å²) >= 11 is 3.31. The number of nitrogens with zero attached hydrogens (tertiary/aromatic N) is 2. The quantitative estimate of drug-likeness (QED) is 0.296. The van der Waals surface area contributed by atoms with E-state index in [2.05, 4.69) is 16.4 Å². The molecule has 4 aromatic rings. The number of amidine groups is 1. The Balaban J connectivity index is 1.82. The Labute approximate surface area is 159 Å². The van der Waals surface area contributed by atoms with Gasteiger partial charge in [-0.3, -0.25) is 0 Å². The van der Waals surface area contributed by atoms with Crippen LogP contribution in [0.15, 0.2) is 86.3 Å². The number of rotatable bonds is 4. The number of thiophene rings is 1. The predicted molar refractivity (Wildman–Crippen MR) is 111 cm³/mol. The number of para-hydroxylation sites is 2. The fourth-order valence-electron chi connectivity index (χ4n) is 2.62. The molecule has 0 bridgehead atoms. The molecule has 0 aliphatic heterocycles. The highest BCUT2D eigenvalue weighted by molar-refractivity contribution is 8.01. The first-order valence-corrected chi connectivity index (χ1v) is 9.70. The van der Waals surface area contributed by atoms with Gasteiger partial charge in [0.15, 0.2) is 0 Å². The van der Waals surface area contributed by atoms with E-state index in [1.165, 1.54) is 4.21 Å². The number of hydrogen-bond donors (Lipinski definition) is 2. The van der Waals surface area contributed by atoms with E-state index in [0.717, 1.165) is 27.2 Å². The number of aromatic nitrogens is 1. The van der Waals surface area contributed by atoms with E-state index in [9.17, 15) is 0 Å². The summed E-state index contributed by atoms with van der Waals surface area (Å²) in [5, 5.41) is 3.90. The topological polar surface area (TPSA) is 77.3 Å². The summed E-state index contributed by atoms with van der Waals surface area (Å²) in [5.41, 5.74) is 15.3. The molecular weight excluding hydrogens is 360 g/mol. The van der Waals surface area contributed by atoms with Crippen molar-refractivity contribution in [2.45, 2.75) is 9.24 Å². The highest BCUT2D eigenvalue weighted by Crippen LogP contribution is 2.35. The Morgan fingerprint density at radius 1 is 1.00 bits per heavy atom. The van der Waals surface area contributed by atoms with Crippen molar-refractivity contribution in [3.05, 3.63) is 77.7 Å². The zero-order valence-electron chi connectivity index (χ0n) is 13.8. The predicted octanol–water partition coefficient (Wildman–Crippen LogP) is 5.07. The molecule has 0 aliphatic carbocycles. The van der Waals surface area contributed by atoms with E-state index < -0.39 is 0 Å². The lowest BCUT2D eigenvalue weighted by Crippen LogP contribution is -2.14. The minimum atomic E-state index is 0.395. The first-order valence-electron chi connectivity index (χ1n) is 8.01. The molecule has 4 N–H and O–H groups in total. The average molecular weight is 377 g/mol. The fourth-order valence-corrected chi connectivity index (χ4v) is 4.35. The molecule has 0 amide bonds. The van der Waals surface area contributed by atoms with Gasteiger partial charge in [-0.25, -0.2) is 9.98 Å². The second-order valence-electron chi connectivity index (χ2n) is 5.62. The molecule has 0 atom stereocenters. The molecule has 0 saturated heterocycles. The Kier molecular flexibility index (Phi) is 4.60. The number of nitrogens with two attached hydrogens (primary N) is 2. The summed E-state index contributed by atoms with van der Waals surface area (Å²) in [6.45, 7) is 0. The van der Waals surface area contributed by atoms with Crippen molar-refractivity contribution in [1.82, 2.24) is 4.98 Å². The van der Waals surface area contributed by atoms with Crippen molar-refractivity contribution >= 4 is 51.2 Å². The summed E-state index contributed by atoms with van der Waals surface area (Å²) in [7, 11) is 0. The van der Waals surface area contributed by atoms with E-state index in [1.54, 1.807) is 23.1 Å². The highest BCUT2D eigenvalue weighted by Gasteiger charge is 2.09. The molecule has 2 aromatic carbocycles. The Bertz CT molecular complexity index is 1090. The minimum absolute atomic E-state index is 0.395. The van der Waals surface area contributed by atoms with Gasteiger partial charge in [0, 0.05) is 16.6 Å².